The zero-order chi connectivity index (χ0) is 24.0. The highest BCUT2D eigenvalue weighted by atomic mass is 16.5. The Balaban J connectivity index is 3.85. The molecule has 32 heavy (non-hydrogen) atoms. The van der Waals surface area contributed by atoms with Gasteiger partial charge in [-0.15, -0.1) is 0 Å². The summed E-state index contributed by atoms with van der Waals surface area (Å²) in [4.78, 5) is 39.1. The van der Waals surface area contributed by atoms with Crippen molar-refractivity contribution in [2.45, 2.75) is 70.8 Å². The van der Waals surface area contributed by atoms with Gasteiger partial charge in [0.05, 0.1) is 6.42 Å². The topological polar surface area (TPSA) is 187 Å². The normalized spacial score (nSPS) is 11.4. The minimum atomic E-state index is -0.486. The lowest BCUT2D eigenvalue weighted by molar-refractivity contribution is -0.148. The van der Waals surface area contributed by atoms with Gasteiger partial charge in [0.25, 0.3) is 0 Å². The van der Waals surface area contributed by atoms with Crippen LogP contribution in [0.5, 0.6) is 0 Å². The Morgan fingerprint density at radius 1 is 0.875 bits per heavy atom. The fourth-order valence-electron chi connectivity index (χ4n) is 2.93. The van der Waals surface area contributed by atoms with Gasteiger partial charge in [0.1, 0.15) is 6.10 Å². The molecule has 0 heterocycles. The second-order valence-corrected chi connectivity index (χ2v) is 7.64. The molecule has 0 aromatic heterocycles. The lowest BCUT2D eigenvalue weighted by atomic mass is 10.1. The second-order valence-electron chi connectivity index (χ2n) is 7.64. The van der Waals surface area contributed by atoms with Crippen LogP contribution in [0.1, 0.15) is 64.7 Å². The molecule has 0 saturated heterocycles. The Hall–Kier alpha value is -2.40. The molecule has 2 amide bonds. The van der Waals surface area contributed by atoms with Gasteiger partial charge in [-0.1, -0.05) is 0 Å². The number of nitrogens with zero attached hydrogens (tertiary/aromatic N) is 1. The van der Waals surface area contributed by atoms with E-state index in [1.165, 1.54) is 6.92 Å². The number of guanidine groups is 1. The van der Waals surface area contributed by atoms with Crippen molar-refractivity contribution in [2.24, 2.45) is 22.2 Å². The third kappa shape index (κ3) is 20.9. The summed E-state index contributed by atoms with van der Waals surface area (Å²) in [6.45, 7) is 5.41. The number of hydrogen-bond donors (Lipinski definition) is 6. The van der Waals surface area contributed by atoms with E-state index in [-0.39, 0.29) is 24.2 Å². The highest BCUT2D eigenvalue weighted by Gasteiger charge is 2.16. The third-order valence-corrected chi connectivity index (χ3v) is 4.54. The number of unbranched alkanes of at least 4 members (excludes halogenated alkanes) is 2. The van der Waals surface area contributed by atoms with Gasteiger partial charge in [-0.05, 0) is 64.6 Å². The molecule has 0 aliphatic heterocycles. The molecule has 0 aromatic carbocycles. The van der Waals surface area contributed by atoms with E-state index < -0.39 is 12.1 Å². The Kier molecular flexibility index (Phi) is 19.0. The van der Waals surface area contributed by atoms with Crippen molar-refractivity contribution < 1.29 is 19.1 Å². The van der Waals surface area contributed by atoms with Crippen LogP contribution in [-0.4, -0.2) is 69.1 Å². The molecule has 0 radical (unpaired) electrons. The van der Waals surface area contributed by atoms with E-state index in [4.69, 9.17) is 21.9 Å². The van der Waals surface area contributed by atoms with Gasteiger partial charge in [-0.2, -0.15) is 0 Å². The first kappa shape index (κ1) is 29.6. The van der Waals surface area contributed by atoms with E-state index >= 15 is 0 Å². The van der Waals surface area contributed by atoms with Crippen molar-refractivity contribution in [1.82, 2.24) is 16.0 Å². The van der Waals surface area contributed by atoms with E-state index in [1.54, 1.807) is 0 Å². The van der Waals surface area contributed by atoms with Crippen LogP contribution in [0, 0.1) is 0 Å². The molecule has 0 rings (SSSR count). The Morgan fingerprint density at radius 2 is 1.53 bits per heavy atom. The van der Waals surface area contributed by atoms with E-state index in [0.29, 0.717) is 45.4 Å². The summed E-state index contributed by atoms with van der Waals surface area (Å²) in [6.07, 6.45) is 5.41. The number of ether oxygens (including phenoxy) is 1. The smallest absolute Gasteiger partial charge is 0.302 e. The fourth-order valence-corrected chi connectivity index (χ4v) is 2.93. The summed E-state index contributed by atoms with van der Waals surface area (Å²) in [7, 11) is 0. The first-order chi connectivity index (χ1) is 15.3. The largest absolute Gasteiger partial charge is 0.462 e. The number of hydrogen-bond acceptors (Lipinski definition) is 7. The van der Waals surface area contributed by atoms with Crippen molar-refractivity contribution in [2.75, 3.05) is 39.3 Å². The molecule has 11 nitrogen and oxygen atoms in total. The predicted molar refractivity (Wildman–Crippen MR) is 126 cm³/mol. The predicted octanol–water partition coefficient (Wildman–Crippen LogP) is -0.517. The van der Waals surface area contributed by atoms with Crippen LogP contribution in [-0.2, 0) is 19.1 Å². The number of esters is 1. The van der Waals surface area contributed by atoms with E-state index in [2.05, 4.69) is 20.9 Å². The van der Waals surface area contributed by atoms with E-state index in [1.807, 2.05) is 0 Å². The number of rotatable bonds is 20. The maximum atomic E-state index is 12.1. The van der Waals surface area contributed by atoms with Crippen LogP contribution in [0.4, 0.5) is 0 Å². The van der Waals surface area contributed by atoms with Gasteiger partial charge in [-0.25, -0.2) is 0 Å². The summed E-state index contributed by atoms with van der Waals surface area (Å²) < 4.78 is 5.23. The van der Waals surface area contributed by atoms with Gasteiger partial charge < -0.3 is 37.9 Å². The molecule has 0 bridgehead atoms. The lowest BCUT2D eigenvalue weighted by Gasteiger charge is -2.16. The molecular weight excluding hydrogens is 414 g/mol. The SMILES string of the molecule is CC(=O)OC(CCCCN=C(N)N)CC(=O)NCCCC(=O)NCCCCNCCCN. The standard InChI is InChI=1S/C21H43N7O4/c1-17(29)32-18(8-2-3-14-28-21(23)24)16-20(31)27-15-6-9-19(30)26-13-5-4-11-25-12-7-10-22/h18,25H,2-16,22H2,1H3,(H,26,30)(H,27,31)(H4,23,24,28). The van der Waals surface area contributed by atoms with Crippen molar-refractivity contribution in [3.05, 3.63) is 0 Å². The number of aliphatic imine (C=N–C) groups is 1. The molecule has 0 aromatic rings. The summed E-state index contributed by atoms with van der Waals surface area (Å²) in [6, 6.07) is 0. The van der Waals surface area contributed by atoms with Crippen molar-refractivity contribution in [3.63, 3.8) is 0 Å². The minimum absolute atomic E-state index is 0.0195. The van der Waals surface area contributed by atoms with Crippen LogP contribution >= 0.6 is 0 Å². The Labute approximate surface area is 191 Å². The first-order valence-electron chi connectivity index (χ1n) is 11.5. The number of carbonyl (C=O) groups is 3. The summed E-state index contributed by atoms with van der Waals surface area (Å²) in [5.41, 5.74) is 16.0. The number of carbonyl (C=O) groups excluding carboxylic acids is 3. The van der Waals surface area contributed by atoms with Crippen LogP contribution in [0.25, 0.3) is 0 Å². The molecule has 0 fully saturated rings. The number of nitrogens with one attached hydrogen (secondary N) is 3. The van der Waals surface area contributed by atoms with Gasteiger partial charge >= 0.3 is 5.97 Å². The average Bonchev–Trinajstić information content (AvgIpc) is 2.72. The minimum Gasteiger partial charge on any atom is -0.462 e. The Bertz CT molecular complexity index is 554. The molecule has 1 atom stereocenters. The monoisotopic (exact) mass is 457 g/mol. The zero-order valence-corrected chi connectivity index (χ0v) is 19.5. The maximum absolute atomic E-state index is 12.1. The van der Waals surface area contributed by atoms with Crippen LogP contribution in [0.2, 0.25) is 0 Å². The van der Waals surface area contributed by atoms with Crippen molar-refractivity contribution >= 4 is 23.7 Å². The molecule has 0 saturated carbocycles. The van der Waals surface area contributed by atoms with Crippen LogP contribution in [0.3, 0.4) is 0 Å². The highest BCUT2D eigenvalue weighted by molar-refractivity contribution is 5.77. The van der Waals surface area contributed by atoms with Crippen LogP contribution in [0.15, 0.2) is 4.99 Å². The quantitative estimate of drug-likeness (QED) is 0.0609. The second kappa shape index (κ2) is 20.5. The zero-order valence-electron chi connectivity index (χ0n) is 19.5. The maximum Gasteiger partial charge on any atom is 0.302 e. The average molecular weight is 458 g/mol. The summed E-state index contributed by atoms with van der Waals surface area (Å²) in [5.74, 6) is -0.604. The molecule has 0 spiro atoms. The van der Waals surface area contributed by atoms with Crippen LogP contribution < -0.4 is 33.2 Å². The van der Waals surface area contributed by atoms with Gasteiger partial charge in [0.2, 0.25) is 11.8 Å². The molecular formula is C21H43N7O4. The van der Waals surface area contributed by atoms with Gasteiger partial charge in [-0.3, -0.25) is 19.4 Å². The molecule has 186 valence electrons. The molecule has 9 N–H and O–H groups in total. The summed E-state index contributed by atoms with van der Waals surface area (Å²) in [5, 5.41) is 8.96. The molecule has 0 aliphatic carbocycles. The van der Waals surface area contributed by atoms with E-state index in [9.17, 15) is 14.4 Å². The lowest BCUT2D eigenvalue weighted by Crippen LogP contribution is -2.31. The molecule has 1 unspecified atom stereocenters. The Morgan fingerprint density at radius 3 is 2.22 bits per heavy atom. The van der Waals surface area contributed by atoms with Crippen molar-refractivity contribution in [1.29, 1.82) is 0 Å². The highest BCUT2D eigenvalue weighted by Crippen LogP contribution is 2.10. The third-order valence-electron chi connectivity index (χ3n) is 4.54. The molecule has 0 aliphatic rings. The van der Waals surface area contributed by atoms with Gasteiger partial charge in [0.15, 0.2) is 5.96 Å². The van der Waals surface area contributed by atoms with Crippen molar-refractivity contribution in [3.8, 4) is 0 Å². The molecule has 11 heteroatoms. The summed E-state index contributed by atoms with van der Waals surface area (Å²) >= 11 is 0. The van der Waals surface area contributed by atoms with E-state index in [0.717, 1.165) is 45.2 Å². The fraction of sp³-hybridized carbons (Fsp3) is 0.810. The number of amides is 2. The number of nitrogens with two attached hydrogens (primary N) is 3. The first-order valence-corrected chi connectivity index (χ1v) is 11.5. The van der Waals surface area contributed by atoms with Gasteiger partial charge in [0, 0.05) is 33.0 Å².